The third-order valence-corrected chi connectivity index (χ3v) is 8.90. The molecule has 32 heavy (non-hydrogen) atoms. The Morgan fingerprint density at radius 1 is 1.12 bits per heavy atom. The molecule has 1 aliphatic heterocycles. The second-order valence-corrected chi connectivity index (χ2v) is 11.2. The SMILES string of the molecule is Cc1cc(C)c(C)c(OCC(=O)Nc2ccc3c(c2)CN(S(=O)(=O)c2cccs2)CC3)c1. The van der Waals surface area contributed by atoms with Gasteiger partial charge in [-0.2, -0.15) is 4.31 Å². The number of sulfonamides is 1. The maximum atomic E-state index is 12.9. The van der Waals surface area contributed by atoms with Gasteiger partial charge >= 0.3 is 0 Å². The van der Waals surface area contributed by atoms with Gasteiger partial charge in [0.25, 0.3) is 15.9 Å². The van der Waals surface area contributed by atoms with Crippen molar-refractivity contribution in [2.45, 2.75) is 37.9 Å². The molecule has 0 atom stereocenters. The van der Waals surface area contributed by atoms with Crippen molar-refractivity contribution in [2.75, 3.05) is 18.5 Å². The number of amides is 1. The number of nitrogens with zero attached hydrogens (tertiary/aromatic N) is 1. The molecule has 0 saturated carbocycles. The second kappa shape index (κ2) is 9.05. The summed E-state index contributed by atoms with van der Waals surface area (Å²) >= 11 is 1.22. The number of hydrogen-bond acceptors (Lipinski definition) is 5. The van der Waals surface area contributed by atoms with Gasteiger partial charge in [-0.25, -0.2) is 8.42 Å². The third kappa shape index (κ3) is 4.72. The van der Waals surface area contributed by atoms with Gasteiger partial charge < -0.3 is 10.1 Å². The average molecular weight is 471 g/mol. The highest BCUT2D eigenvalue weighted by atomic mass is 32.2. The number of fused-ring (bicyclic) bond motifs is 1. The van der Waals surface area contributed by atoms with Gasteiger partial charge in [0.15, 0.2) is 6.61 Å². The first kappa shape index (κ1) is 22.5. The molecular weight excluding hydrogens is 444 g/mol. The summed E-state index contributed by atoms with van der Waals surface area (Å²) < 4.78 is 33.3. The largest absolute Gasteiger partial charge is 0.483 e. The first-order valence-corrected chi connectivity index (χ1v) is 12.7. The molecule has 2 heterocycles. The van der Waals surface area contributed by atoms with Crippen molar-refractivity contribution in [1.29, 1.82) is 0 Å². The Kier molecular flexibility index (Phi) is 6.37. The molecule has 8 heteroatoms. The molecule has 0 unspecified atom stereocenters. The molecule has 6 nitrogen and oxygen atoms in total. The quantitative estimate of drug-likeness (QED) is 0.578. The molecule has 0 aliphatic carbocycles. The van der Waals surface area contributed by atoms with E-state index in [1.165, 1.54) is 15.6 Å². The van der Waals surface area contributed by atoms with Crippen LogP contribution in [0.25, 0.3) is 0 Å². The summed E-state index contributed by atoms with van der Waals surface area (Å²) in [6.45, 7) is 6.62. The van der Waals surface area contributed by atoms with Gasteiger partial charge in [-0.05, 0) is 84.7 Å². The van der Waals surface area contributed by atoms with E-state index in [1.807, 2.05) is 45.0 Å². The Balaban J connectivity index is 1.43. The molecule has 168 valence electrons. The summed E-state index contributed by atoms with van der Waals surface area (Å²) in [6.07, 6.45) is 0.642. The van der Waals surface area contributed by atoms with Crippen LogP contribution in [0.5, 0.6) is 5.75 Å². The molecule has 0 radical (unpaired) electrons. The van der Waals surface area contributed by atoms with Gasteiger partial charge in [-0.15, -0.1) is 11.3 Å². The van der Waals surface area contributed by atoms with Crippen molar-refractivity contribution in [3.63, 3.8) is 0 Å². The van der Waals surface area contributed by atoms with E-state index in [4.69, 9.17) is 4.74 Å². The molecule has 0 fully saturated rings. The fourth-order valence-corrected chi connectivity index (χ4v) is 6.41. The van der Waals surface area contributed by atoms with Crippen molar-refractivity contribution < 1.29 is 17.9 Å². The van der Waals surface area contributed by atoms with Gasteiger partial charge in [0.05, 0.1) is 0 Å². The third-order valence-electron chi connectivity index (χ3n) is 5.68. The van der Waals surface area contributed by atoms with Crippen molar-refractivity contribution >= 4 is 33.0 Å². The summed E-state index contributed by atoms with van der Waals surface area (Å²) in [5, 5.41) is 4.63. The Bertz CT molecular complexity index is 1250. The summed E-state index contributed by atoms with van der Waals surface area (Å²) in [5.74, 6) is 0.444. The minimum atomic E-state index is -3.50. The molecular formula is C24H26N2O4S2. The van der Waals surface area contributed by atoms with Crippen LogP contribution in [0.4, 0.5) is 5.69 Å². The molecule has 2 aromatic carbocycles. The minimum Gasteiger partial charge on any atom is -0.483 e. The van der Waals surface area contributed by atoms with Crippen molar-refractivity contribution in [1.82, 2.24) is 4.31 Å². The van der Waals surface area contributed by atoms with Crippen molar-refractivity contribution in [3.8, 4) is 5.75 Å². The maximum absolute atomic E-state index is 12.9. The van der Waals surface area contributed by atoms with Crippen LogP contribution >= 0.6 is 11.3 Å². The molecule has 1 N–H and O–H groups in total. The smallest absolute Gasteiger partial charge is 0.262 e. The monoisotopic (exact) mass is 470 g/mol. The van der Waals surface area contributed by atoms with Crippen LogP contribution in [0.2, 0.25) is 0 Å². The van der Waals surface area contributed by atoms with Crippen LogP contribution in [0.1, 0.15) is 27.8 Å². The fourth-order valence-electron chi connectivity index (χ4n) is 3.84. The van der Waals surface area contributed by atoms with E-state index in [0.717, 1.165) is 27.8 Å². The van der Waals surface area contributed by atoms with Crippen LogP contribution in [0.3, 0.4) is 0 Å². The van der Waals surface area contributed by atoms with E-state index in [0.29, 0.717) is 28.6 Å². The fraction of sp³-hybridized carbons (Fsp3) is 0.292. The van der Waals surface area contributed by atoms with Crippen LogP contribution in [-0.4, -0.2) is 31.8 Å². The molecule has 1 amide bonds. The molecule has 3 aromatic rings. The number of thiophene rings is 1. The van der Waals surface area contributed by atoms with E-state index in [-0.39, 0.29) is 19.1 Å². The zero-order chi connectivity index (χ0) is 22.9. The van der Waals surface area contributed by atoms with Crippen LogP contribution in [-0.2, 0) is 27.8 Å². The summed E-state index contributed by atoms with van der Waals surface area (Å²) in [4.78, 5) is 12.5. The molecule has 0 bridgehead atoms. The zero-order valence-corrected chi connectivity index (χ0v) is 20.0. The lowest BCUT2D eigenvalue weighted by Crippen LogP contribution is -2.35. The molecule has 0 spiro atoms. The normalized spacial score (nSPS) is 14.1. The van der Waals surface area contributed by atoms with Crippen LogP contribution in [0.15, 0.2) is 52.1 Å². The second-order valence-electron chi connectivity index (χ2n) is 8.05. The first-order valence-electron chi connectivity index (χ1n) is 10.4. The van der Waals surface area contributed by atoms with Gasteiger partial charge in [0.2, 0.25) is 0 Å². The Hall–Kier alpha value is -2.68. The van der Waals surface area contributed by atoms with Crippen molar-refractivity contribution in [2.24, 2.45) is 0 Å². The van der Waals surface area contributed by atoms with Gasteiger partial charge in [-0.1, -0.05) is 18.2 Å². The highest BCUT2D eigenvalue weighted by Crippen LogP contribution is 2.29. The lowest BCUT2D eigenvalue weighted by Gasteiger charge is -2.28. The highest BCUT2D eigenvalue weighted by molar-refractivity contribution is 7.91. The molecule has 0 saturated heterocycles. The standard InChI is InChI=1S/C24H26N2O4S2/c1-16-11-17(2)18(3)22(12-16)30-15-23(27)25-21-7-6-19-8-9-26(14-20(19)13-21)32(28,29)24-5-4-10-31-24/h4-7,10-13H,8-9,14-15H2,1-3H3,(H,25,27). The van der Waals surface area contributed by atoms with Crippen LogP contribution < -0.4 is 10.1 Å². The topological polar surface area (TPSA) is 75.7 Å². The summed E-state index contributed by atoms with van der Waals surface area (Å²) in [6, 6.07) is 13.0. The predicted octanol–water partition coefficient (Wildman–Crippen LogP) is 4.44. The van der Waals surface area contributed by atoms with E-state index in [1.54, 1.807) is 17.5 Å². The minimum absolute atomic E-state index is 0.0975. The molecule has 4 rings (SSSR count). The average Bonchev–Trinajstić information content (AvgIpc) is 3.30. The van der Waals surface area contributed by atoms with E-state index < -0.39 is 10.0 Å². The number of benzene rings is 2. The summed E-state index contributed by atoms with van der Waals surface area (Å²) in [5.41, 5.74) is 5.86. The van der Waals surface area contributed by atoms with E-state index >= 15 is 0 Å². The Labute approximate surface area is 192 Å². The zero-order valence-electron chi connectivity index (χ0n) is 18.3. The number of anilines is 1. The van der Waals surface area contributed by atoms with Gasteiger partial charge in [0.1, 0.15) is 9.96 Å². The number of aryl methyl sites for hydroxylation is 2. The van der Waals surface area contributed by atoms with Crippen LogP contribution in [0, 0.1) is 20.8 Å². The highest BCUT2D eigenvalue weighted by Gasteiger charge is 2.29. The lowest BCUT2D eigenvalue weighted by molar-refractivity contribution is -0.118. The van der Waals surface area contributed by atoms with Gasteiger partial charge in [0, 0.05) is 18.8 Å². The predicted molar refractivity (Wildman–Crippen MR) is 127 cm³/mol. The number of hydrogen-bond donors (Lipinski definition) is 1. The Morgan fingerprint density at radius 2 is 1.94 bits per heavy atom. The molecule has 1 aromatic heterocycles. The van der Waals surface area contributed by atoms with Gasteiger partial charge in [-0.3, -0.25) is 4.79 Å². The number of carbonyl (C=O) groups is 1. The number of nitrogens with one attached hydrogen (secondary N) is 1. The van der Waals surface area contributed by atoms with E-state index in [2.05, 4.69) is 11.4 Å². The number of ether oxygens (including phenoxy) is 1. The Morgan fingerprint density at radius 3 is 2.69 bits per heavy atom. The number of rotatable bonds is 6. The maximum Gasteiger partial charge on any atom is 0.262 e. The van der Waals surface area contributed by atoms with Crippen molar-refractivity contribution in [3.05, 3.63) is 75.7 Å². The lowest BCUT2D eigenvalue weighted by atomic mass is 10.0. The molecule has 1 aliphatic rings. The number of carbonyl (C=O) groups excluding carboxylic acids is 1. The first-order chi connectivity index (χ1) is 15.2. The van der Waals surface area contributed by atoms with E-state index in [9.17, 15) is 13.2 Å². The summed E-state index contributed by atoms with van der Waals surface area (Å²) in [7, 11) is -3.50.